The summed E-state index contributed by atoms with van der Waals surface area (Å²) in [4.78, 5) is 0. The average molecular weight is 595 g/mol. The van der Waals surface area contributed by atoms with Crippen LogP contribution in [0.3, 0.4) is 0 Å². The predicted octanol–water partition coefficient (Wildman–Crippen LogP) is 3.41. The molecule has 0 atom stereocenters. The Bertz CT molecular complexity index is 1340. The smallest absolute Gasteiger partial charge is 0.429 e. The third-order valence-corrected chi connectivity index (χ3v) is 7.61. The van der Waals surface area contributed by atoms with Crippen molar-refractivity contribution < 1.29 is 47.5 Å². The Hall–Kier alpha value is -3.40. The number of ether oxygens (including phenoxy) is 3. The molecule has 0 saturated heterocycles. The highest BCUT2D eigenvalue weighted by atomic mass is 35.7. The highest BCUT2D eigenvalue weighted by molar-refractivity contribution is 6.05. The largest absolute Gasteiger partial charge is 0.452 e. The lowest BCUT2D eigenvalue weighted by Gasteiger charge is -2.41. The molecule has 2 fully saturated rings. The minimum Gasteiger partial charge on any atom is -0.452 e. The fourth-order valence-electron chi connectivity index (χ4n) is 5.73. The topological polar surface area (TPSA) is 131 Å². The SMILES string of the molecule is C1=C(/C=C/C=C2/C=C(c3ccccc3)OC3(CCCCC3)O2)OC2(CCCCC2)[O+]=C1c1ccccc1.[O-][Cl+3]([O-])([O-])[O-]. The van der Waals surface area contributed by atoms with Crippen LogP contribution in [0.1, 0.15) is 79.8 Å². The van der Waals surface area contributed by atoms with Gasteiger partial charge in [-0.3, -0.25) is 0 Å². The van der Waals surface area contributed by atoms with E-state index in [0.29, 0.717) is 0 Å². The molecular formula is C33H35ClO8. The highest BCUT2D eigenvalue weighted by Gasteiger charge is 2.48. The molecule has 42 heavy (non-hydrogen) atoms. The summed E-state index contributed by atoms with van der Waals surface area (Å²) in [6, 6.07) is 20.6. The number of ketones is 1. The van der Waals surface area contributed by atoms with Gasteiger partial charge in [-0.1, -0.05) is 67.4 Å². The van der Waals surface area contributed by atoms with E-state index in [2.05, 4.69) is 24.3 Å². The fraction of sp³-hybridized carbons (Fsp3) is 0.364. The van der Waals surface area contributed by atoms with E-state index in [1.165, 1.54) is 12.8 Å². The monoisotopic (exact) mass is 594 g/mol. The van der Waals surface area contributed by atoms with Crippen molar-refractivity contribution in [2.45, 2.75) is 75.8 Å². The summed E-state index contributed by atoms with van der Waals surface area (Å²) in [5, 5.41) is 0. The van der Waals surface area contributed by atoms with Crippen molar-refractivity contribution in [2.24, 2.45) is 0 Å². The van der Waals surface area contributed by atoms with Gasteiger partial charge in [0.15, 0.2) is 0 Å². The molecular weight excluding hydrogens is 560 g/mol. The van der Waals surface area contributed by atoms with E-state index in [9.17, 15) is 0 Å². The third-order valence-electron chi connectivity index (χ3n) is 7.61. The zero-order valence-electron chi connectivity index (χ0n) is 23.4. The zero-order valence-corrected chi connectivity index (χ0v) is 24.1. The van der Waals surface area contributed by atoms with Gasteiger partial charge >= 0.3 is 11.6 Å². The summed E-state index contributed by atoms with van der Waals surface area (Å²) in [6.07, 6.45) is 20.6. The highest BCUT2D eigenvalue weighted by Crippen LogP contribution is 2.42. The molecule has 0 amide bonds. The van der Waals surface area contributed by atoms with Gasteiger partial charge < -0.3 is 14.2 Å². The van der Waals surface area contributed by atoms with Gasteiger partial charge in [-0.15, -0.1) is 10.2 Å². The first-order chi connectivity index (χ1) is 20.2. The number of hydrogen-bond acceptors (Lipinski definition) is 7. The van der Waals surface area contributed by atoms with Gasteiger partial charge in [0.1, 0.15) is 17.3 Å². The number of hydrogen-bond donors (Lipinski definition) is 0. The first-order valence-corrected chi connectivity index (χ1v) is 15.6. The Morgan fingerprint density at radius 3 is 1.86 bits per heavy atom. The molecule has 2 aliphatic heterocycles. The van der Waals surface area contributed by atoms with E-state index in [0.717, 1.165) is 85.6 Å². The van der Waals surface area contributed by atoms with E-state index in [-0.39, 0.29) is 0 Å². The van der Waals surface area contributed by atoms with Gasteiger partial charge in [-0.2, -0.15) is 0 Å². The molecule has 0 aromatic heterocycles. The maximum Gasteiger partial charge on any atom is 0.429 e. The molecule has 222 valence electrons. The molecule has 8 nitrogen and oxygen atoms in total. The van der Waals surface area contributed by atoms with Gasteiger partial charge in [0.2, 0.25) is 0 Å². The lowest BCUT2D eigenvalue weighted by molar-refractivity contribution is -2.00. The third kappa shape index (κ3) is 8.33. The van der Waals surface area contributed by atoms with Crippen LogP contribution in [0.5, 0.6) is 0 Å². The first-order valence-electron chi connectivity index (χ1n) is 14.4. The molecule has 2 spiro atoms. The van der Waals surface area contributed by atoms with Crippen molar-refractivity contribution in [3.05, 3.63) is 114 Å². The van der Waals surface area contributed by atoms with Crippen LogP contribution >= 0.6 is 0 Å². The van der Waals surface area contributed by atoms with Crippen LogP contribution in [0.2, 0.25) is 0 Å². The van der Waals surface area contributed by atoms with Crippen molar-refractivity contribution in [2.75, 3.05) is 0 Å². The van der Waals surface area contributed by atoms with Crippen LogP contribution in [0.15, 0.2) is 103 Å². The molecule has 2 saturated carbocycles. The Morgan fingerprint density at radius 2 is 1.24 bits per heavy atom. The minimum absolute atomic E-state index is 0.577. The number of benzene rings is 2. The fourth-order valence-corrected chi connectivity index (χ4v) is 5.73. The van der Waals surface area contributed by atoms with Crippen molar-refractivity contribution in [3.63, 3.8) is 0 Å². The van der Waals surface area contributed by atoms with Crippen LogP contribution in [0.4, 0.5) is 0 Å². The van der Waals surface area contributed by atoms with E-state index in [1.54, 1.807) is 0 Å². The van der Waals surface area contributed by atoms with Crippen LogP contribution in [0.25, 0.3) is 5.76 Å². The molecule has 4 aliphatic rings. The van der Waals surface area contributed by atoms with Crippen LogP contribution in [-0.2, 0) is 14.2 Å². The maximum atomic E-state index is 8.49. The van der Waals surface area contributed by atoms with Gasteiger partial charge in [0.25, 0.3) is 5.79 Å². The second-order valence-corrected chi connectivity index (χ2v) is 11.6. The van der Waals surface area contributed by atoms with E-state index >= 15 is 0 Å². The maximum absolute atomic E-state index is 8.49. The quantitative estimate of drug-likeness (QED) is 0.496. The first kappa shape index (κ1) is 30.1. The molecule has 2 aromatic rings. The number of allylic oxidation sites excluding steroid dienone is 5. The molecule has 2 aromatic carbocycles. The number of halogens is 1. The molecule has 2 aliphatic carbocycles. The molecule has 0 N–H and O–H groups in total. The molecule has 0 radical (unpaired) electrons. The Balaban J connectivity index is 0.000000652. The second kappa shape index (κ2) is 13.3. The van der Waals surface area contributed by atoms with Crippen LogP contribution < -0.4 is 18.6 Å². The molecule has 0 unspecified atom stereocenters. The van der Waals surface area contributed by atoms with E-state index in [4.69, 9.17) is 37.3 Å². The van der Waals surface area contributed by atoms with Crippen molar-refractivity contribution in [1.82, 2.24) is 0 Å². The predicted molar refractivity (Wildman–Crippen MR) is 145 cm³/mol. The standard InChI is InChI=1S/C33H35O4.ClHO4/c1-5-14-26(15-6-1)30-24-28(34-32(36-30)20-9-3-10-21-32)18-13-19-29-25-31(27-16-7-2-8-17-27)37-33(35-29)22-11-4-12-23-33;2-1(3,4)5/h1-2,5-8,13-19,24-25H,3-4,9-12,20-23H2;(H,2,3,4,5)/q+1;/p-1. The van der Waals surface area contributed by atoms with Gasteiger partial charge in [-0.05, 0) is 50.0 Å². The summed E-state index contributed by atoms with van der Waals surface area (Å²) in [5.74, 6) is 2.22. The van der Waals surface area contributed by atoms with Gasteiger partial charge in [-0.25, -0.2) is 23.1 Å². The molecule has 2 heterocycles. The van der Waals surface area contributed by atoms with Crippen LogP contribution in [0, 0.1) is 10.2 Å². The van der Waals surface area contributed by atoms with Gasteiger partial charge in [0, 0.05) is 24.5 Å². The second-order valence-electron chi connectivity index (χ2n) is 10.8. The lowest BCUT2D eigenvalue weighted by Crippen LogP contribution is -2.68. The summed E-state index contributed by atoms with van der Waals surface area (Å²) in [6.45, 7) is 0. The Morgan fingerprint density at radius 1 is 0.667 bits per heavy atom. The zero-order chi connectivity index (χ0) is 29.5. The summed E-state index contributed by atoms with van der Waals surface area (Å²) < 4.78 is 59.9. The molecule has 0 bridgehead atoms. The Kier molecular flexibility index (Phi) is 9.50. The number of rotatable bonds is 4. The Labute approximate surface area is 248 Å². The van der Waals surface area contributed by atoms with E-state index in [1.807, 2.05) is 66.8 Å². The normalized spacial score (nSPS) is 22.2. The van der Waals surface area contributed by atoms with Crippen LogP contribution in [-0.4, -0.2) is 17.4 Å². The molecule has 6 rings (SSSR count). The summed E-state index contributed by atoms with van der Waals surface area (Å²) >= 11 is 0. The summed E-state index contributed by atoms with van der Waals surface area (Å²) in [7, 11) is -4.94. The van der Waals surface area contributed by atoms with Crippen molar-refractivity contribution >= 4 is 11.5 Å². The van der Waals surface area contributed by atoms with Gasteiger partial charge in [0.05, 0.1) is 24.5 Å². The lowest BCUT2D eigenvalue weighted by atomic mass is 9.93. The number of carbonyl (C=O) groups excluding carboxylic acids is 1. The van der Waals surface area contributed by atoms with Crippen molar-refractivity contribution in [3.8, 4) is 0 Å². The minimum atomic E-state index is -4.94. The van der Waals surface area contributed by atoms with Crippen molar-refractivity contribution in [1.29, 1.82) is 0 Å². The summed E-state index contributed by atoms with van der Waals surface area (Å²) in [5.41, 5.74) is 2.14. The molecule has 9 heteroatoms. The van der Waals surface area contributed by atoms with E-state index < -0.39 is 21.8 Å². The average Bonchev–Trinajstić information content (AvgIpc) is 2.98.